The summed E-state index contributed by atoms with van der Waals surface area (Å²) in [6, 6.07) is 3.33. The Bertz CT molecular complexity index is 1040. The van der Waals surface area contributed by atoms with Crippen molar-refractivity contribution in [2.45, 2.75) is 33.5 Å². The molecule has 9 nitrogen and oxygen atoms in total. The van der Waals surface area contributed by atoms with Gasteiger partial charge < -0.3 is 18.8 Å². The SMILES string of the molecule is CCOc1cc([N+](=O)[O-])c(C(=O)OCC(=O)c2cc(C)n(CC(F)(F)F)c2C)cc1OC. The van der Waals surface area contributed by atoms with Gasteiger partial charge in [-0.15, -0.1) is 0 Å². The Morgan fingerprint density at radius 2 is 1.78 bits per heavy atom. The molecule has 0 aliphatic heterocycles. The summed E-state index contributed by atoms with van der Waals surface area (Å²) in [6.07, 6.45) is -4.48. The summed E-state index contributed by atoms with van der Waals surface area (Å²) in [5, 5.41) is 11.4. The monoisotopic (exact) mass is 458 g/mol. The first-order valence-corrected chi connectivity index (χ1v) is 9.32. The number of benzene rings is 1. The van der Waals surface area contributed by atoms with Crippen LogP contribution in [0.5, 0.6) is 11.5 Å². The van der Waals surface area contributed by atoms with Crippen molar-refractivity contribution in [2.24, 2.45) is 0 Å². The molecule has 0 fully saturated rings. The van der Waals surface area contributed by atoms with E-state index in [9.17, 15) is 32.9 Å². The molecule has 174 valence electrons. The van der Waals surface area contributed by atoms with Gasteiger partial charge in [-0.2, -0.15) is 13.2 Å². The van der Waals surface area contributed by atoms with Crippen LogP contribution in [-0.4, -0.2) is 47.7 Å². The first-order valence-electron chi connectivity index (χ1n) is 9.32. The molecular weight excluding hydrogens is 437 g/mol. The third-order valence-corrected chi connectivity index (χ3v) is 4.54. The van der Waals surface area contributed by atoms with Gasteiger partial charge in [-0.25, -0.2) is 4.79 Å². The van der Waals surface area contributed by atoms with Crippen LogP contribution in [0, 0.1) is 24.0 Å². The molecule has 0 aliphatic rings. The van der Waals surface area contributed by atoms with E-state index in [2.05, 4.69) is 0 Å². The predicted molar refractivity (Wildman–Crippen MR) is 105 cm³/mol. The Kier molecular flexibility index (Phi) is 7.49. The summed E-state index contributed by atoms with van der Waals surface area (Å²) in [5.41, 5.74) is -0.852. The summed E-state index contributed by atoms with van der Waals surface area (Å²) in [4.78, 5) is 35.5. The van der Waals surface area contributed by atoms with Crippen molar-refractivity contribution in [1.82, 2.24) is 4.57 Å². The zero-order chi connectivity index (χ0) is 24.2. The number of nitrogens with zero attached hydrogens (tertiary/aromatic N) is 2. The van der Waals surface area contributed by atoms with Gasteiger partial charge in [-0.1, -0.05) is 0 Å². The van der Waals surface area contributed by atoms with Crippen LogP contribution in [0.25, 0.3) is 0 Å². The second-order valence-corrected chi connectivity index (χ2v) is 6.70. The molecule has 0 spiro atoms. The molecule has 0 saturated heterocycles. The third-order valence-electron chi connectivity index (χ3n) is 4.54. The molecule has 1 aromatic carbocycles. The number of ether oxygens (including phenoxy) is 3. The lowest BCUT2D eigenvalue weighted by atomic mass is 10.1. The van der Waals surface area contributed by atoms with Gasteiger partial charge in [0.05, 0.1) is 24.7 Å². The van der Waals surface area contributed by atoms with Gasteiger partial charge in [-0.05, 0) is 26.8 Å². The molecule has 0 aliphatic carbocycles. The highest BCUT2D eigenvalue weighted by atomic mass is 19.4. The molecular formula is C20H21F3N2O7. The summed E-state index contributed by atoms with van der Waals surface area (Å²) < 4.78 is 54.4. The largest absolute Gasteiger partial charge is 0.493 e. The zero-order valence-corrected chi connectivity index (χ0v) is 17.7. The molecule has 0 amide bonds. The Morgan fingerprint density at radius 1 is 1.12 bits per heavy atom. The van der Waals surface area contributed by atoms with Crippen LogP contribution in [-0.2, 0) is 11.3 Å². The number of hydrogen-bond donors (Lipinski definition) is 0. The van der Waals surface area contributed by atoms with Crippen molar-refractivity contribution in [1.29, 1.82) is 0 Å². The molecule has 0 radical (unpaired) electrons. The van der Waals surface area contributed by atoms with Gasteiger partial charge in [-0.3, -0.25) is 14.9 Å². The lowest BCUT2D eigenvalue weighted by molar-refractivity contribution is -0.385. The highest BCUT2D eigenvalue weighted by Gasteiger charge is 2.31. The minimum Gasteiger partial charge on any atom is -0.493 e. The van der Waals surface area contributed by atoms with E-state index in [1.54, 1.807) is 6.92 Å². The Balaban J connectivity index is 2.25. The lowest BCUT2D eigenvalue weighted by Crippen LogP contribution is -2.20. The summed E-state index contributed by atoms with van der Waals surface area (Å²) in [7, 11) is 1.28. The van der Waals surface area contributed by atoms with E-state index in [4.69, 9.17) is 14.2 Å². The number of nitro benzene ring substituents is 1. The smallest absolute Gasteiger partial charge is 0.406 e. The Morgan fingerprint density at radius 3 is 2.31 bits per heavy atom. The van der Waals surface area contributed by atoms with Crippen LogP contribution < -0.4 is 9.47 Å². The first kappa shape index (κ1) is 24.7. The fourth-order valence-corrected chi connectivity index (χ4v) is 3.08. The number of aryl methyl sites for hydroxylation is 1. The van der Waals surface area contributed by atoms with Crippen LogP contribution in [0.15, 0.2) is 18.2 Å². The molecule has 1 aromatic heterocycles. The fourth-order valence-electron chi connectivity index (χ4n) is 3.08. The number of hydrogen-bond acceptors (Lipinski definition) is 7. The molecule has 2 rings (SSSR count). The topological polar surface area (TPSA) is 110 Å². The number of methoxy groups -OCH3 is 1. The van der Waals surface area contributed by atoms with Crippen molar-refractivity contribution in [2.75, 3.05) is 20.3 Å². The van der Waals surface area contributed by atoms with Gasteiger partial charge in [0.2, 0.25) is 5.78 Å². The van der Waals surface area contributed by atoms with Gasteiger partial charge in [0, 0.05) is 23.0 Å². The predicted octanol–water partition coefficient (Wildman–Crippen LogP) is 4.02. The molecule has 0 N–H and O–H groups in total. The molecule has 0 bridgehead atoms. The second kappa shape index (κ2) is 9.71. The van der Waals surface area contributed by atoms with E-state index in [1.807, 2.05) is 0 Å². The number of halogens is 3. The number of nitro groups is 1. The maximum Gasteiger partial charge on any atom is 0.406 e. The number of rotatable bonds is 9. The van der Waals surface area contributed by atoms with Crippen LogP contribution in [0.3, 0.4) is 0 Å². The van der Waals surface area contributed by atoms with Gasteiger partial charge in [0.25, 0.3) is 5.69 Å². The lowest BCUT2D eigenvalue weighted by Gasteiger charge is -2.12. The van der Waals surface area contributed by atoms with E-state index in [-0.39, 0.29) is 35.1 Å². The average Bonchev–Trinajstić information content (AvgIpc) is 2.98. The summed E-state index contributed by atoms with van der Waals surface area (Å²) >= 11 is 0. The summed E-state index contributed by atoms with van der Waals surface area (Å²) in [6.45, 7) is 2.52. The van der Waals surface area contributed by atoms with Gasteiger partial charge in [0.1, 0.15) is 12.1 Å². The van der Waals surface area contributed by atoms with Crippen molar-refractivity contribution >= 4 is 17.4 Å². The number of carbonyl (C=O) groups is 2. The highest BCUT2D eigenvalue weighted by Crippen LogP contribution is 2.35. The summed E-state index contributed by atoms with van der Waals surface area (Å²) in [5.74, 6) is -1.83. The number of alkyl halides is 3. The fraction of sp³-hybridized carbons (Fsp3) is 0.400. The zero-order valence-electron chi connectivity index (χ0n) is 17.7. The minimum atomic E-state index is -4.48. The van der Waals surface area contributed by atoms with Crippen LogP contribution in [0.2, 0.25) is 0 Å². The Hall–Kier alpha value is -3.57. The molecule has 0 unspecified atom stereocenters. The quantitative estimate of drug-likeness (QED) is 0.242. The molecule has 0 saturated carbocycles. The molecule has 1 heterocycles. The molecule has 12 heteroatoms. The van der Waals surface area contributed by atoms with E-state index in [0.717, 1.165) is 16.7 Å². The molecule has 0 atom stereocenters. The number of Topliss-reactive ketones (excluding diaryl/α,β-unsaturated/α-hetero) is 1. The molecule has 2 aromatic rings. The average molecular weight is 458 g/mol. The normalized spacial score (nSPS) is 11.2. The van der Waals surface area contributed by atoms with Crippen LogP contribution in [0.4, 0.5) is 18.9 Å². The van der Waals surface area contributed by atoms with Crippen molar-refractivity contribution in [3.8, 4) is 11.5 Å². The molecule has 32 heavy (non-hydrogen) atoms. The van der Waals surface area contributed by atoms with E-state index in [1.165, 1.54) is 27.0 Å². The van der Waals surface area contributed by atoms with E-state index < -0.39 is 47.3 Å². The van der Waals surface area contributed by atoms with Gasteiger partial charge >= 0.3 is 12.1 Å². The minimum absolute atomic E-state index is 0.0432. The number of esters is 1. The second-order valence-electron chi connectivity index (χ2n) is 6.70. The van der Waals surface area contributed by atoms with E-state index >= 15 is 0 Å². The Labute approximate surface area is 180 Å². The van der Waals surface area contributed by atoms with Crippen LogP contribution in [0.1, 0.15) is 39.0 Å². The first-order chi connectivity index (χ1) is 14.9. The van der Waals surface area contributed by atoms with Crippen molar-refractivity contribution in [3.05, 3.63) is 50.8 Å². The van der Waals surface area contributed by atoms with Crippen molar-refractivity contribution in [3.63, 3.8) is 0 Å². The standard InChI is InChI=1S/C20H21F3N2O7/c1-5-31-18-8-15(25(28)29)14(7-17(18)30-4)19(27)32-9-16(26)13-6-11(2)24(12(13)3)10-20(21,22)23/h6-8H,5,9-10H2,1-4H3. The maximum absolute atomic E-state index is 12.7. The van der Waals surface area contributed by atoms with Crippen LogP contribution >= 0.6 is 0 Å². The third kappa shape index (κ3) is 5.56. The van der Waals surface area contributed by atoms with Gasteiger partial charge in [0.15, 0.2) is 18.1 Å². The van der Waals surface area contributed by atoms with E-state index in [0.29, 0.717) is 0 Å². The number of ketones is 1. The number of carbonyl (C=O) groups excluding carboxylic acids is 2. The maximum atomic E-state index is 12.7. The highest BCUT2D eigenvalue weighted by molar-refractivity contribution is 6.01. The number of aromatic nitrogens is 1. The van der Waals surface area contributed by atoms with Crippen molar-refractivity contribution < 1.29 is 41.9 Å².